The van der Waals surface area contributed by atoms with Crippen molar-refractivity contribution in [2.45, 2.75) is 90.9 Å². The summed E-state index contributed by atoms with van der Waals surface area (Å²) in [6, 6.07) is 14.4. The number of aryl methyl sites for hydroxylation is 1. The van der Waals surface area contributed by atoms with Crippen LogP contribution in [0, 0.1) is 6.92 Å². The zero-order valence-electron chi connectivity index (χ0n) is 19.8. The van der Waals surface area contributed by atoms with Gasteiger partial charge < -0.3 is 5.32 Å². The molecule has 172 valence electrons. The molecule has 0 bridgehead atoms. The first-order valence-electron chi connectivity index (χ1n) is 12.4. The molecule has 2 aromatic carbocycles. The highest BCUT2D eigenvalue weighted by molar-refractivity contribution is 7.21. The van der Waals surface area contributed by atoms with Gasteiger partial charge in [-0.15, -0.1) is 11.3 Å². The van der Waals surface area contributed by atoms with E-state index in [1.54, 1.807) is 11.3 Å². The van der Waals surface area contributed by atoms with E-state index >= 15 is 0 Å². The number of aromatic nitrogens is 1. The summed E-state index contributed by atoms with van der Waals surface area (Å²) in [4.78, 5) is 17.0. The summed E-state index contributed by atoms with van der Waals surface area (Å²) < 4.78 is 1.21. The normalized spacial score (nSPS) is 11.2. The number of nitrogens with one attached hydrogen (secondary N) is 1. The lowest BCUT2D eigenvalue weighted by Crippen LogP contribution is -2.10. The second-order valence-corrected chi connectivity index (χ2v) is 9.93. The maximum atomic E-state index is 12.3. The van der Waals surface area contributed by atoms with Crippen molar-refractivity contribution in [2.75, 3.05) is 5.32 Å². The topological polar surface area (TPSA) is 42.0 Å². The molecule has 1 aromatic heterocycles. The number of hydrogen-bond acceptors (Lipinski definition) is 3. The van der Waals surface area contributed by atoms with Crippen molar-refractivity contribution in [3.05, 3.63) is 48.0 Å². The number of carbonyl (C=O) groups excluding carboxylic acids is 1. The zero-order valence-corrected chi connectivity index (χ0v) is 20.6. The molecule has 0 spiro atoms. The fourth-order valence-electron chi connectivity index (χ4n) is 4.02. The van der Waals surface area contributed by atoms with E-state index in [1.165, 1.54) is 68.1 Å². The second-order valence-electron chi connectivity index (χ2n) is 8.90. The minimum absolute atomic E-state index is 0.115. The quantitative estimate of drug-likeness (QED) is 0.249. The summed E-state index contributed by atoms with van der Waals surface area (Å²) in [6.45, 7) is 4.37. The summed E-state index contributed by atoms with van der Waals surface area (Å²) in [7, 11) is 0. The number of nitrogens with zero attached hydrogens (tertiary/aromatic N) is 1. The van der Waals surface area contributed by atoms with Crippen LogP contribution in [-0.4, -0.2) is 10.9 Å². The molecule has 3 nitrogen and oxygen atoms in total. The lowest BCUT2D eigenvalue weighted by Gasteiger charge is -2.06. The smallest absolute Gasteiger partial charge is 0.224 e. The van der Waals surface area contributed by atoms with E-state index in [2.05, 4.69) is 37.4 Å². The molecule has 3 rings (SSSR count). The molecule has 1 N–H and O–H groups in total. The van der Waals surface area contributed by atoms with Crippen molar-refractivity contribution in [2.24, 2.45) is 0 Å². The van der Waals surface area contributed by atoms with Crippen molar-refractivity contribution in [3.8, 4) is 10.6 Å². The molecular weight excluding hydrogens is 412 g/mol. The van der Waals surface area contributed by atoms with E-state index in [0.29, 0.717) is 6.42 Å². The van der Waals surface area contributed by atoms with Gasteiger partial charge in [-0.3, -0.25) is 4.79 Å². The standard InChI is InChI=1S/C28H38N2OS/c1-3-4-5-6-7-8-9-10-11-12-13-14-27(31)29-24-18-16-23(17-19-24)28-30-25-20-15-22(2)21-26(25)32-28/h15-21H,3-14H2,1-2H3,(H,29,31). The number of unbranched alkanes of at least 4 members (excludes halogenated alkanes) is 10. The molecule has 0 radical (unpaired) electrons. The van der Waals surface area contributed by atoms with E-state index in [0.717, 1.165) is 34.6 Å². The average Bonchev–Trinajstić information content (AvgIpc) is 3.21. The molecule has 0 unspecified atom stereocenters. The van der Waals surface area contributed by atoms with Gasteiger partial charge >= 0.3 is 0 Å². The number of rotatable bonds is 14. The Morgan fingerprint density at radius 3 is 2.12 bits per heavy atom. The van der Waals surface area contributed by atoms with Gasteiger partial charge in [0, 0.05) is 17.7 Å². The summed E-state index contributed by atoms with van der Waals surface area (Å²) >= 11 is 1.71. The number of anilines is 1. The maximum Gasteiger partial charge on any atom is 0.224 e. The van der Waals surface area contributed by atoms with Crippen LogP contribution in [-0.2, 0) is 4.79 Å². The van der Waals surface area contributed by atoms with Gasteiger partial charge in [-0.05, 0) is 55.3 Å². The van der Waals surface area contributed by atoms with Crippen LogP contribution in [0.1, 0.15) is 89.5 Å². The number of amides is 1. The van der Waals surface area contributed by atoms with Gasteiger partial charge in [0.05, 0.1) is 10.2 Å². The summed E-state index contributed by atoms with van der Waals surface area (Å²) in [5.41, 5.74) is 4.24. The molecule has 0 saturated carbocycles. The van der Waals surface area contributed by atoms with Crippen molar-refractivity contribution < 1.29 is 4.79 Å². The number of thiazole rings is 1. The molecule has 0 saturated heterocycles. The van der Waals surface area contributed by atoms with Crippen molar-refractivity contribution >= 4 is 33.1 Å². The summed E-state index contributed by atoms with van der Waals surface area (Å²) in [5, 5.41) is 4.05. The van der Waals surface area contributed by atoms with E-state index in [1.807, 2.05) is 24.3 Å². The van der Waals surface area contributed by atoms with Crippen LogP contribution < -0.4 is 5.32 Å². The molecule has 1 amide bonds. The van der Waals surface area contributed by atoms with Gasteiger partial charge in [-0.2, -0.15) is 0 Å². The van der Waals surface area contributed by atoms with Gasteiger partial charge in [0.2, 0.25) is 5.91 Å². The fourth-order valence-corrected chi connectivity index (χ4v) is 5.09. The highest BCUT2D eigenvalue weighted by Crippen LogP contribution is 2.31. The van der Waals surface area contributed by atoms with E-state index in [4.69, 9.17) is 4.98 Å². The highest BCUT2D eigenvalue weighted by Gasteiger charge is 2.08. The molecule has 4 heteroatoms. The van der Waals surface area contributed by atoms with Crippen LogP contribution in [0.2, 0.25) is 0 Å². The lowest BCUT2D eigenvalue weighted by molar-refractivity contribution is -0.116. The van der Waals surface area contributed by atoms with Gasteiger partial charge in [0.25, 0.3) is 0 Å². The van der Waals surface area contributed by atoms with Crippen molar-refractivity contribution in [3.63, 3.8) is 0 Å². The average molecular weight is 451 g/mol. The monoisotopic (exact) mass is 450 g/mol. The Labute approximate surface area is 197 Å². The van der Waals surface area contributed by atoms with Crippen LogP contribution in [0.3, 0.4) is 0 Å². The Morgan fingerprint density at radius 1 is 0.844 bits per heavy atom. The number of benzene rings is 2. The minimum Gasteiger partial charge on any atom is -0.326 e. The minimum atomic E-state index is 0.115. The molecule has 1 heterocycles. The Hall–Kier alpha value is -2.20. The Bertz CT molecular complexity index is 961. The molecule has 0 aliphatic rings. The van der Waals surface area contributed by atoms with Crippen LogP contribution in [0.4, 0.5) is 5.69 Å². The molecule has 0 fully saturated rings. The van der Waals surface area contributed by atoms with E-state index < -0.39 is 0 Å². The van der Waals surface area contributed by atoms with Crippen LogP contribution in [0.15, 0.2) is 42.5 Å². The summed E-state index contributed by atoms with van der Waals surface area (Å²) in [6.07, 6.45) is 14.9. The first-order chi connectivity index (χ1) is 15.7. The molecular formula is C28H38N2OS. The SMILES string of the molecule is CCCCCCCCCCCCCC(=O)Nc1ccc(-c2nc3ccc(C)cc3s2)cc1. The van der Waals surface area contributed by atoms with Crippen LogP contribution in [0.5, 0.6) is 0 Å². The lowest BCUT2D eigenvalue weighted by atomic mass is 10.1. The fraction of sp³-hybridized carbons (Fsp3) is 0.500. The van der Waals surface area contributed by atoms with Gasteiger partial charge in [0.15, 0.2) is 0 Å². The third kappa shape index (κ3) is 8.05. The third-order valence-electron chi connectivity index (χ3n) is 5.97. The summed E-state index contributed by atoms with van der Waals surface area (Å²) in [5.74, 6) is 0.115. The second kappa shape index (κ2) is 13.4. The number of hydrogen-bond donors (Lipinski definition) is 1. The largest absolute Gasteiger partial charge is 0.326 e. The zero-order chi connectivity index (χ0) is 22.6. The van der Waals surface area contributed by atoms with Gasteiger partial charge in [-0.1, -0.05) is 77.2 Å². The Kier molecular flexibility index (Phi) is 10.2. The van der Waals surface area contributed by atoms with E-state index in [-0.39, 0.29) is 5.91 Å². The van der Waals surface area contributed by atoms with Crippen LogP contribution >= 0.6 is 11.3 Å². The third-order valence-corrected chi connectivity index (χ3v) is 7.03. The van der Waals surface area contributed by atoms with Crippen LogP contribution in [0.25, 0.3) is 20.8 Å². The Morgan fingerprint density at radius 2 is 1.47 bits per heavy atom. The number of carbonyl (C=O) groups is 1. The van der Waals surface area contributed by atoms with Crippen molar-refractivity contribution in [1.29, 1.82) is 0 Å². The predicted octanol–water partition coefficient (Wildman–Crippen LogP) is 8.91. The Balaban J connectivity index is 1.31. The van der Waals surface area contributed by atoms with Gasteiger partial charge in [-0.25, -0.2) is 4.98 Å². The van der Waals surface area contributed by atoms with E-state index in [9.17, 15) is 4.79 Å². The highest BCUT2D eigenvalue weighted by atomic mass is 32.1. The molecule has 32 heavy (non-hydrogen) atoms. The molecule has 3 aromatic rings. The first kappa shape index (κ1) is 24.4. The molecule has 0 aliphatic heterocycles. The molecule has 0 aliphatic carbocycles. The first-order valence-corrected chi connectivity index (χ1v) is 13.2. The van der Waals surface area contributed by atoms with Gasteiger partial charge in [0.1, 0.15) is 5.01 Å². The number of fused-ring (bicyclic) bond motifs is 1. The maximum absolute atomic E-state index is 12.3. The molecule has 0 atom stereocenters. The van der Waals surface area contributed by atoms with Crippen molar-refractivity contribution in [1.82, 2.24) is 4.98 Å². The predicted molar refractivity (Wildman–Crippen MR) is 140 cm³/mol.